The van der Waals surface area contributed by atoms with E-state index in [2.05, 4.69) is 5.10 Å². The summed E-state index contributed by atoms with van der Waals surface area (Å²) < 4.78 is 45.6. The molecule has 7 nitrogen and oxygen atoms in total. The van der Waals surface area contributed by atoms with Crippen molar-refractivity contribution in [2.75, 3.05) is 33.3 Å². The summed E-state index contributed by atoms with van der Waals surface area (Å²) in [5.74, 6) is -0.312. The minimum absolute atomic E-state index is 0.00331. The second-order valence-corrected chi connectivity index (χ2v) is 8.82. The summed E-state index contributed by atoms with van der Waals surface area (Å²) in [5.41, 5.74) is -0.656. The molecule has 0 spiro atoms. The smallest absolute Gasteiger partial charge is 0.416 e. The van der Waals surface area contributed by atoms with E-state index < -0.39 is 17.6 Å². The summed E-state index contributed by atoms with van der Waals surface area (Å²) in [6.07, 6.45) is -3.12. The van der Waals surface area contributed by atoms with E-state index in [1.807, 2.05) is 13.0 Å². The fourth-order valence-corrected chi connectivity index (χ4v) is 4.42. The molecule has 1 saturated heterocycles. The first-order valence-corrected chi connectivity index (χ1v) is 11.0. The Hall–Kier alpha value is -3.34. The molecular weight excluding hydrogens is 457 g/mol. The van der Waals surface area contributed by atoms with Gasteiger partial charge in [0.2, 0.25) is 0 Å². The summed E-state index contributed by atoms with van der Waals surface area (Å²) in [6, 6.07) is 8.35. The molecule has 1 aliphatic rings. The number of rotatable bonds is 4. The van der Waals surface area contributed by atoms with Crippen molar-refractivity contribution in [3.63, 3.8) is 0 Å². The summed E-state index contributed by atoms with van der Waals surface area (Å²) in [7, 11) is 1.36. The van der Waals surface area contributed by atoms with Gasteiger partial charge in [-0.1, -0.05) is 6.07 Å². The molecule has 0 unspecified atom stereocenters. The van der Waals surface area contributed by atoms with Crippen LogP contribution in [0.1, 0.15) is 30.6 Å². The number of amides is 2. The summed E-state index contributed by atoms with van der Waals surface area (Å²) in [6.45, 7) is 3.31. The highest BCUT2D eigenvalue weighted by Crippen LogP contribution is 2.31. The molecule has 0 atom stereocenters. The molecule has 3 heterocycles. The van der Waals surface area contributed by atoms with Gasteiger partial charge in [-0.25, -0.2) is 4.68 Å². The summed E-state index contributed by atoms with van der Waals surface area (Å²) in [4.78, 5) is 30.7. The van der Waals surface area contributed by atoms with Gasteiger partial charge < -0.3 is 14.5 Å². The first kappa shape index (κ1) is 22.8. The number of benzene rings is 1. The average Bonchev–Trinajstić information content (AvgIpc) is 3.44. The van der Waals surface area contributed by atoms with Crippen LogP contribution >= 0.6 is 11.3 Å². The van der Waals surface area contributed by atoms with Crippen molar-refractivity contribution < 1.29 is 27.5 Å². The third kappa shape index (κ3) is 4.72. The minimum atomic E-state index is -4.50. The van der Waals surface area contributed by atoms with Gasteiger partial charge in [-0.05, 0) is 37.3 Å². The van der Waals surface area contributed by atoms with E-state index in [9.17, 15) is 22.8 Å². The molecule has 0 aliphatic carbocycles. The Bertz CT molecular complexity index is 1180. The summed E-state index contributed by atoms with van der Waals surface area (Å²) in [5, 5.41) is 4.21. The second kappa shape index (κ2) is 8.89. The molecule has 1 aromatic carbocycles. The van der Waals surface area contributed by atoms with Crippen LogP contribution in [0, 0.1) is 6.92 Å². The van der Waals surface area contributed by atoms with Crippen molar-refractivity contribution in [3.8, 4) is 11.4 Å². The van der Waals surface area contributed by atoms with Crippen LogP contribution in [-0.4, -0.2) is 64.7 Å². The lowest BCUT2D eigenvalue weighted by Gasteiger charge is -2.34. The number of ether oxygens (including phenoxy) is 1. The van der Waals surface area contributed by atoms with Crippen LogP contribution in [0.4, 0.5) is 13.2 Å². The molecule has 0 N–H and O–H groups in total. The Labute approximate surface area is 192 Å². The standard InChI is InChI=1S/C22H21F3N4O3S/c1-14-6-7-18(33-14)20(30)27-8-10-28(11-9-27)21(31)19-17(32-2)13-29(26-19)16-5-3-4-15(12-16)22(23,24)25/h3-7,12-13H,8-11H2,1-2H3. The van der Waals surface area contributed by atoms with Crippen LogP contribution in [0.2, 0.25) is 0 Å². The lowest BCUT2D eigenvalue weighted by atomic mass is 10.2. The fourth-order valence-electron chi connectivity index (χ4n) is 3.58. The third-order valence-corrected chi connectivity index (χ3v) is 6.34. The van der Waals surface area contributed by atoms with E-state index in [1.54, 1.807) is 15.9 Å². The van der Waals surface area contributed by atoms with Gasteiger partial charge in [-0.2, -0.15) is 18.3 Å². The lowest BCUT2D eigenvalue weighted by Crippen LogP contribution is -2.50. The van der Waals surface area contributed by atoms with Gasteiger partial charge in [-0.3, -0.25) is 9.59 Å². The van der Waals surface area contributed by atoms with E-state index in [0.717, 1.165) is 17.0 Å². The maximum absolute atomic E-state index is 13.1. The van der Waals surface area contributed by atoms with Gasteiger partial charge in [-0.15, -0.1) is 11.3 Å². The average molecular weight is 478 g/mol. The van der Waals surface area contributed by atoms with Crippen LogP contribution in [0.25, 0.3) is 5.69 Å². The highest BCUT2D eigenvalue weighted by Gasteiger charge is 2.32. The monoisotopic (exact) mass is 478 g/mol. The fraction of sp³-hybridized carbons (Fsp3) is 0.318. The Balaban J connectivity index is 1.49. The van der Waals surface area contributed by atoms with Crippen molar-refractivity contribution in [1.82, 2.24) is 19.6 Å². The van der Waals surface area contributed by atoms with Gasteiger partial charge >= 0.3 is 6.18 Å². The number of hydrogen-bond acceptors (Lipinski definition) is 5. The van der Waals surface area contributed by atoms with Crippen molar-refractivity contribution in [2.45, 2.75) is 13.1 Å². The van der Waals surface area contributed by atoms with E-state index in [0.29, 0.717) is 31.1 Å². The van der Waals surface area contributed by atoms with Crippen LogP contribution in [0.15, 0.2) is 42.6 Å². The van der Waals surface area contributed by atoms with E-state index in [4.69, 9.17) is 4.74 Å². The number of thiophene rings is 1. The molecule has 0 bridgehead atoms. The number of piperazine rings is 1. The van der Waals surface area contributed by atoms with E-state index >= 15 is 0 Å². The number of carbonyl (C=O) groups is 2. The zero-order chi connectivity index (χ0) is 23.8. The maximum atomic E-state index is 13.1. The van der Waals surface area contributed by atoms with Crippen LogP contribution in [0.3, 0.4) is 0 Å². The number of nitrogens with zero attached hydrogens (tertiary/aromatic N) is 4. The highest BCUT2D eigenvalue weighted by molar-refractivity contribution is 7.13. The van der Waals surface area contributed by atoms with Gasteiger partial charge in [0.05, 0.1) is 29.4 Å². The number of carbonyl (C=O) groups excluding carboxylic acids is 2. The zero-order valence-electron chi connectivity index (χ0n) is 17.9. The van der Waals surface area contributed by atoms with Gasteiger partial charge in [0.25, 0.3) is 11.8 Å². The highest BCUT2D eigenvalue weighted by atomic mass is 32.1. The number of hydrogen-bond donors (Lipinski definition) is 0. The number of alkyl halides is 3. The molecule has 11 heteroatoms. The van der Waals surface area contributed by atoms with Gasteiger partial charge in [0.15, 0.2) is 11.4 Å². The molecule has 4 rings (SSSR count). The largest absolute Gasteiger partial charge is 0.493 e. The Morgan fingerprint density at radius 1 is 1.03 bits per heavy atom. The van der Waals surface area contributed by atoms with Gasteiger partial charge in [0, 0.05) is 31.1 Å². The van der Waals surface area contributed by atoms with Crippen LogP contribution in [-0.2, 0) is 6.18 Å². The number of aryl methyl sites for hydroxylation is 1. The Morgan fingerprint density at radius 3 is 2.27 bits per heavy atom. The maximum Gasteiger partial charge on any atom is 0.416 e. The van der Waals surface area contributed by atoms with Crippen molar-refractivity contribution in [2.24, 2.45) is 0 Å². The minimum Gasteiger partial charge on any atom is -0.493 e. The molecule has 174 valence electrons. The molecule has 2 amide bonds. The predicted octanol–water partition coefficient (Wildman–Crippen LogP) is 3.87. The topological polar surface area (TPSA) is 67.7 Å². The number of methoxy groups -OCH3 is 1. The Kier molecular flexibility index (Phi) is 6.15. The molecular formula is C22H21F3N4O3S. The van der Waals surface area contributed by atoms with Crippen molar-refractivity contribution >= 4 is 23.2 Å². The quantitative estimate of drug-likeness (QED) is 0.571. The molecule has 33 heavy (non-hydrogen) atoms. The molecule has 2 aromatic heterocycles. The molecule has 0 saturated carbocycles. The molecule has 1 aliphatic heterocycles. The first-order chi connectivity index (χ1) is 15.7. The zero-order valence-corrected chi connectivity index (χ0v) is 18.7. The van der Waals surface area contributed by atoms with Crippen molar-refractivity contribution in [1.29, 1.82) is 0 Å². The summed E-state index contributed by atoms with van der Waals surface area (Å²) >= 11 is 1.43. The van der Waals surface area contributed by atoms with E-state index in [-0.39, 0.29) is 23.0 Å². The van der Waals surface area contributed by atoms with Gasteiger partial charge in [0.1, 0.15) is 0 Å². The van der Waals surface area contributed by atoms with Crippen LogP contribution in [0.5, 0.6) is 5.75 Å². The molecule has 0 radical (unpaired) electrons. The number of halogens is 3. The first-order valence-electron chi connectivity index (χ1n) is 10.1. The van der Waals surface area contributed by atoms with Crippen molar-refractivity contribution in [3.05, 3.63) is 63.6 Å². The molecule has 3 aromatic rings. The van der Waals surface area contributed by atoms with E-state index in [1.165, 1.54) is 41.5 Å². The Morgan fingerprint density at radius 2 is 1.70 bits per heavy atom. The molecule has 1 fully saturated rings. The van der Waals surface area contributed by atoms with Crippen LogP contribution < -0.4 is 4.74 Å². The SMILES string of the molecule is COc1cn(-c2cccc(C(F)(F)F)c2)nc1C(=O)N1CCN(C(=O)c2ccc(C)s2)CC1. The normalized spacial score (nSPS) is 14.5. The third-order valence-electron chi connectivity index (χ3n) is 5.35. The second-order valence-electron chi connectivity index (χ2n) is 7.53. The lowest BCUT2D eigenvalue weighted by molar-refractivity contribution is -0.137. The predicted molar refractivity (Wildman–Crippen MR) is 116 cm³/mol. The number of aromatic nitrogens is 2.